The van der Waals surface area contributed by atoms with E-state index in [1.165, 1.54) is 25.9 Å². The third-order valence-corrected chi connectivity index (χ3v) is 2.77. The molecule has 3 nitrogen and oxygen atoms in total. The highest BCUT2D eigenvalue weighted by atomic mass is 16.5. The summed E-state index contributed by atoms with van der Waals surface area (Å²) in [6.07, 6.45) is 5.46. The minimum absolute atomic E-state index is 0.659. The molecule has 0 aromatic rings. The highest BCUT2D eigenvalue weighted by Gasteiger charge is 2.15. The lowest BCUT2D eigenvalue weighted by Crippen LogP contribution is -2.44. The molecule has 15 heavy (non-hydrogen) atoms. The first-order valence-electron chi connectivity index (χ1n) is 5.93. The molecule has 88 valence electrons. The van der Waals surface area contributed by atoms with Crippen molar-refractivity contribution in [3.05, 3.63) is 12.7 Å². The number of nitrogens with one attached hydrogen (secondary N) is 1. The molecule has 1 N–H and O–H groups in total. The Bertz CT molecular complexity index is 173. The number of piperidine rings is 1. The summed E-state index contributed by atoms with van der Waals surface area (Å²) >= 11 is 0. The van der Waals surface area contributed by atoms with Crippen LogP contribution in [-0.2, 0) is 4.74 Å². The topological polar surface area (TPSA) is 24.5 Å². The van der Waals surface area contributed by atoms with Crippen molar-refractivity contribution in [3.63, 3.8) is 0 Å². The number of hydrogen-bond donors (Lipinski definition) is 1. The van der Waals surface area contributed by atoms with E-state index in [0.29, 0.717) is 6.04 Å². The number of likely N-dealkylation sites (tertiary alicyclic amines) is 1. The summed E-state index contributed by atoms with van der Waals surface area (Å²) < 4.78 is 5.44. The Hall–Kier alpha value is -0.380. The molecule has 0 aliphatic carbocycles. The first kappa shape index (κ1) is 12.7. The second-order valence-corrected chi connectivity index (χ2v) is 4.25. The van der Waals surface area contributed by atoms with Crippen molar-refractivity contribution in [1.29, 1.82) is 0 Å². The Morgan fingerprint density at radius 1 is 1.53 bits per heavy atom. The van der Waals surface area contributed by atoms with Crippen LogP contribution in [0, 0.1) is 0 Å². The summed E-state index contributed by atoms with van der Waals surface area (Å²) in [5.74, 6) is 0. The Balaban J connectivity index is 1.92. The zero-order chi connectivity index (χ0) is 10.9. The summed E-state index contributed by atoms with van der Waals surface area (Å²) in [6, 6.07) is 0.659. The van der Waals surface area contributed by atoms with Gasteiger partial charge in [0.05, 0.1) is 13.2 Å². The fourth-order valence-electron chi connectivity index (χ4n) is 1.94. The SMILES string of the molecule is C=CCCOCCNC1CCCN(C)C1. The number of nitrogens with zero attached hydrogens (tertiary/aromatic N) is 1. The molecule has 1 aliphatic rings. The van der Waals surface area contributed by atoms with Gasteiger partial charge in [-0.1, -0.05) is 6.08 Å². The Labute approximate surface area is 93.5 Å². The van der Waals surface area contributed by atoms with Crippen molar-refractivity contribution in [3.8, 4) is 0 Å². The molecule has 0 aromatic heterocycles. The maximum Gasteiger partial charge on any atom is 0.0591 e. The molecule has 0 amide bonds. The molecule has 0 bridgehead atoms. The van der Waals surface area contributed by atoms with Gasteiger partial charge >= 0.3 is 0 Å². The van der Waals surface area contributed by atoms with E-state index < -0.39 is 0 Å². The Morgan fingerprint density at radius 2 is 2.40 bits per heavy atom. The van der Waals surface area contributed by atoms with Crippen LogP contribution in [0.25, 0.3) is 0 Å². The van der Waals surface area contributed by atoms with Gasteiger partial charge in [-0.05, 0) is 32.9 Å². The molecule has 0 saturated carbocycles. The quantitative estimate of drug-likeness (QED) is 0.508. The first-order chi connectivity index (χ1) is 7.33. The van der Waals surface area contributed by atoms with Gasteiger partial charge in [-0.2, -0.15) is 0 Å². The molecule has 1 atom stereocenters. The Kier molecular flexibility index (Phi) is 6.64. The van der Waals surface area contributed by atoms with Gasteiger partial charge in [0, 0.05) is 19.1 Å². The van der Waals surface area contributed by atoms with E-state index in [0.717, 1.165) is 26.2 Å². The molecule has 3 heteroatoms. The van der Waals surface area contributed by atoms with E-state index in [1.54, 1.807) is 0 Å². The number of rotatable bonds is 7. The van der Waals surface area contributed by atoms with Gasteiger partial charge in [-0.3, -0.25) is 0 Å². The largest absolute Gasteiger partial charge is 0.380 e. The van der Waals surface area contributed by atoms with Gasteiger partial charge in [0.25, 0.3) is 0 Å². The van der Waals surface area contributed by atoms with Crippen LogP contribution in [0.3, 0.4) is 0 Å². The smallest absolute Gasteiger partial charge is 0.0591 e. The lowest BCUT2D eigenvalue weighted by molar-refractivity contribution is 0.132. The van der Waals surface area contributed by atoms with Gasteiger partial charge in [-0.25, -0.2) is 0 Å². The summed E-state index contributed by atoms with van der Waals surface area (Å²) in [5.41, 5.74) is 0. The molecule has 0 spiro atoms. The van der Waals surface area contributed by atoms with E-state index in [-0.39, 0.29) is 0 Å². The second kappa shape index (κ2) is 7.85. The average molecular weight is 212 g/mol. The van der Waals surface area contributed by atoms with Crippen LogP contribution in [0.5, 0.6) is 0 Å². The zero-order valence-corrected chi connectivity index (χ0v) is 9.87. The zero-order valence-electron chi connectivity index (χ0n) is 9.87. The Morgan fingerprint density at radius 3 is 3.13 bits per heavy atom. The fourth-order valence-corrected chi connectivity index (χ4v) is 1.94. The molecule has 1 heterocycles. The first-order valence-corrected chi connectivity index (χ1v) is 5.93. The number of hydrogen-bond acceptors (Lipinski definition) is 3. The summed E-state index contributed by atoms with van der Waals surface area (Å²) in [6.45, 7) is 8.66. The van der Waals surface area contributed by atoms with Crippen molar-refractivity contribution in [2.24, 2.45) is 0 Å². The van der Waals surface area contributed by atoms with Crippen LogP contribution >= 0.6 is 0 Å². The average Bonchev–Trinajstić information content (AvgIpc) is 2.23. The van der Waals surface area contributed by atoms with Crippen molar-refractivity contribution < 1.29 is 4.74 Å². The molecule has 1 rings (SSSR count). The van der Waals surface area contributed by atoms with Crippen molar-refractivity contribution in [1.82, 2.24) is 10.2 Å². The van der Waals surface area contributed by atoms with Gasteiger partial charge in [-0.15, -0.1) is 6.58 Å². The third-order valence-electron chi connectivity index (χ3n) is 2.77. The van der Waals surface area contributed by atoms with Crippen molar-refractivity contribution in [2.45, 2.75) is 25.3 Å². The lowest BCUT2D eigenvalue weighted by Gasteiger charge is -2.30. The predicted molar refractivity (Wildman–Crippen MR) is 64.2 cm³/mol. The van der Waals surface area contributed by atoms with Gasteiger partial charge in [0.15, 0.2) is 0 Å². The van der Waals surface area contributed by atoms with E-state index in [1.807, 2.05) is 6.08 Å². The summed E-state index contributed by atoms with van der Waals surface area (Å²) in [4.78, 5) is 2.39. The van der Waals surface area contributed by atoms with E-state index in [4.69, 9.17) is 4.74 Å². The molecule has 1 saturated heterocycles. The number of likely N-dealkylation sites (N-methyl/N-ethyl adjacent to an activating group) is 1. The highest BCUT2D eigenvalue weighted by molar-refractivity contribution is 4.75. The lowest BCUT2D eigenvalue weighted by atomic mass is 10.1. The van der Waals surface area contributed by atoms with E-state index >= 15 is 0 Å². The molecular formula is C12H24N2O. The van der Waals surface area contributed by atoms with Gasteiger partial charge < -0.3 is 15.0 Å². The minimum Gasteiger partial charge on any atom is -0.380 e. The molecule has 0 aromatic carbocycles. The van der Waals surface area contributed by atoms with Crippen LogP contribution in [0.4, 0.5) is 0 Å². The predicted octanol–water partition coefficient (Wildman–Crippen LogP) is 1.26. The molecule has 0 radical (unpaired) electrons. The highest BCUT2D eigenvalue weighted by Crippen LogP contribution is 2.07. The normalized spacial score (nSPS) is 22.9. The second-order valence-electron chi connectivity index (χ2n) is 4.25. The van der Waals surface area contributed by atoms with E-state index in [2.05, 4.69) is 23.8 Å². The molecule has 1 aliphatic heterocycles. The third kappa shape index (κ3) is 5.92. The van der Waals surface area contributed by atoms with Crippen molar-refractivity contribution >= 4 is 0 Å². The van der Waals surface area contributed by atoms with Crippen LogP contribution in [0.15, 0.2) is 12.7 Å². The van der Waals surface area contributed by atoms with Gasteiger partial charge in [0.2, 0.25) is 0 Å². The minimum atomic E-state index is 0.659. The van der Waals surface area contributed by atoms with Crippen LogP contribution in [0.1, 0.15) is 19.3 Å². The fraction of sp³-hybridized carbons (Fsp3) is 0.833. The summed E-state index contributed by atoms with van der Waals surface area (Å²) in [5, 5.41) is 3.54. The maximum atomic E-state index is 5.44. The monoisotopic (exact) mass is 212 g/mol. The summed E-state index contributed by atoms with van der Waals surface area (Å²) in [7, 11) is 2.19. The van der Waals surface area contributed by atoms with Gasteiger partial charge in [0.1, 0.15) is 0 Å². The molecule has 1 unspecified atom stereocenters. The molecule has 1 fully saturated rings. The maximum absolute atomic E-state index is 5.44. The van der Waals surface area contributed by atoms with Crippen LogP contribution < -0.4 is 5.32 Å². The van der Waals surface area contributed by atoms with Crippen LogP contribution in [-0.4, -0.2) is 50.8 Å². The molecular weight excluding hydrogens is 188 g/mol. The number of ether oxygens (including phenoxy) is 1. The van der Waals surface area contributed by atoms with E-state index in [9.17, 15) is 0 Å². The van der Waals surface area contributed by atoms with Crippen molar-refractivity contribution in [2.75, 3.05) is 39.9 Å². The standard InChI is InChI=1S/C12H24N2O/c1-3-4-9-15-10-7-13-12-6-5-8-14(2)11-12/h3,12-13H,1,4-11H2,2H3. The van der Waals surface area contributed by atoms with Crippen LogP contribution in [0.2, 0.25) is 0 Å².